The van der Waals surface area contributed by atoms with Gasteiger partial charge in [-0.3, -0.25) is 10.1 Å². The number of methoxy groups -OCH3 is 1. The van der Waals surface area contributed by atoms with Crippen molar-refractivity contribution in [3.05, 3.63) is 77.4 Å². The number of benzene rings is 2. The van der Waals surface area contributed by atoms with E-state index in [-0.39, 0.29) is 10.6 Å². The Bertz CT molecular complexity index is 1390. The molecule has 12 heteroatoms. The molecule has 0 unspecified atom stereocenters. The Kier molecular flexibility index (Phi) is 8.90. The lowest BCUT2D eigenvalue weighted by molar-refractivity contribution is -0.384. The van der Waals surface area contributed by atoms with Crippen LogP contribution in [-0.2, 0) is 0 Å². The number of ether oxygens (including phenoxy) is 1. The second-order valence-electron chi connectivity index (χ2n) is 8.75. The average molecular weight is 532 g/mol. The SMILES string of the molecule is CCN(CC)CCN(C)c1cc(OC)c(Nc2cc(Nc3ccccc3-n3cccn3)ncn2)cc1[N+](=O)[O-]. The molecule has 12 nitrogen and oxygen atoms in total. The van der Waals surface area contributed by atoms with E-state index in [2.05, 4.69) is 44.4 Å². The molecular weight excluding hydrogens is 498 g/mol. The van der Waals surface area contributed by atoms with Crippen molar-refractivity contribution < 1.29 is 9.66 Å². The van der Waals surface area contributed by atoms with Gasteiger partial charge in [-0.15, -0.1) is 0 Å². The predicted octanol–water partition coefficient (Wildman–Crippen LogP) is 4.84. The Morgan fingerprint density at radius 1 is 1.00 bits per heavy atom. The lowest BCUT2D eigenvalue weighted by atomic mass is 10.2. The van der Waals surface area contributed by atoms with E-state index in [0.29, 0.717) is 35.3 Å². The zero-order valence-electron chi connectivity index (χ0n) is 22.5. The minimum atomic E-state index is -0.382. The Morgan fingerprint density at radius 3 is 2.36 bits per heavy atom. The number of nitrogens with one attached hydrogen (secondary N) is 2. The van der Waals surface area contributed by atoms with E-state index in [9.17, 15) is 10.1 Å². The lowest BCUT2D eigenvalue weighted by Crippen LogP contribution is -2.33. The summed E-state index contributed by atoms with van der Waals surface area (Å²) in [6.07, 6.45) is 4.99. The molecule has 0 fully saturated rings. The van der Waals surface area contributed by atoms with Gasteiger partial charge in [-0.1, -0.05) is 26.0 Å². The van der Waals surface area contributed by atoms with Gasteiger partial charge in [-0.2, -0.15) is 5.10 Å². The number of anilines is 5. The molecule has 0 aliphatic rings. The number of nitro groups is 1. The van der Waals surface area contributed by atoms with Crippen LogP contribution in [0, 0.1) is 10.1 Å². The van der Waals surface area contributed by atoms with Crippen LogP contribution in [0.4, 0.5) is 34.4 Å². The topological polar surface area (TPSA) is 127 Å². The number of nitro benzene ring substituents is 1. The minimum Gasteiger partial charge on any atom is -0.494 e. The molecule has 2 N–H and O–H groups in total. The van der Waals surface area contributed by atoms with Gasteiger partial charge in [0, 0.05) is 50.7 Å². The summed E-state index contributed by atoms with van der Waals surface area (Å²) < 4.78 is 7.36. The standard InChI is InChI=1S/C27H33N9O3/c1-5-34(6-2)15-14-33(3)23-17-25(39-4)21(16-24(23)36(37)38)32-27-18-26(28-19-29-27)31-20-10-7-8-11-22(20)35-13-9-12-30-35/h7-13,16-19H,5-6,14-15H2,1-4H3,(H2,28,29,31,32). The van der Waals surface area contributed by atoms with Crippen LogP contribution in [0.1, 0.15) is 13.8 Å². The number of hydrogen-bond acceptors (Lipinski definition) is 10. The molecule has 0 atom stereocenters. The first-order valence-corrected chi connectivity index (χ1v) is 12.7. The summed E-state index contributed by atoms with van der Waals surface area (Å²) in [5, 5.41) is 22.8. The molecule has 4 rings (SSSR count). The summed E-state index contributed by atoms with van der Waals surface area (Å²) in [6, 6.07) is 14.4. The minimum absolute atomic E-state index is 0.0269. The van der Waals surface area contributed by atoms with E-state index in [1.807, 2.05) is 48.5 Å². The van der Waals surface area contributed by atoms with E-state index in [1.165, 1.54) is 19.5 Å². The van der Waals surface area contributed by atoms with Gasteiger partial charge >= 0.3 is 0 Å². The molecular formula is C27H33N9O3. The third-order valence-corrected chi connectivity index (χ3v) is 6.40. The van der Waals surface area contributed by atoms with Crippen LogP contribution in [0.15, 0.2) is 67.3 Å². The van der Waals surface area contributed by atoms with Crippen LogP contribution < -0.4 is 20.3 Å². The fourth-order valence-electron chi connectivity index (χ4n) is 4.19. The highest BCUT2D eigenvalue weighted by atomic mass is 16.6. The zero-order valence-corrected chi connectivity index (χ0v) is 22.5. The molecule has 0 radical (unpaired) electrons. The van der Waals surface area contributed by atoms with Crippen LogP contribution in [0.5, 0.6) is 5.75 Å². The summed E-state index contributed by atoms with van der Waals surface area (Å²) in [4.78, 5) is 24.4. The first-order valence-electron chi connectivity index (χ1n) is 12.7. The van der Waals surface area contributed by atoms with Gasteiger partial charge in [0.2, 0.25) is 0 Å². The number of aromatic nitrogens is 4. The van der Waals surface area contributed by atoms with Crippen molar-refractivity contribution in [3.8, 4) is 11.4 Å². The first-order chi connectivity index (χ1) is 18.9. The maximum absolute atomic E-state index is 12.0. The number of nitrogens with zero attached hydrogens (tertiary/aromatic N) is 7. The van der Waals surface area contributed by atoms with Gasteiger partial charge in [0.1, 0.15) is 29.4 Å². The van der Waals surface area contributed by atoms with Crippen molar-refractivity contribution >= 4 is 34.4 Å². The van der Waals surface area contributed by atoms with Crippen molar-refractivity contribution in [2.75, 3.05) is 55.9 Å². The lowest BCUT2D eigenvalue weighted by Gasteiger charge is -2.25. The number of hydrogen-bond donors (Lipinski definition) is 2. The van der Waals surface area contributed by atoms with Crippen molar-refractivity contribution in [1.82, 2.24) is 24.6 Å². The molecule has 2 aromatic carbocycles. The molecule has 39 heavy (non-hydrogen) atoms. The molecule has 4 aromatic rings. The van der Waals surface area contributed by atoms with Crippen LogP contribution in [0.2, 0.25) is 0 Å². The van der Waals surface area contributed by atoms with Crippen LogP contribution in [-0.4, -0.2) is 69.9 Å². The Labute approximate surface area is 227 Å². The van der Waals surface area contributed by atoms with Crippen molar-refractivity contribution in [2.45, 2.75) is 13.8 Å². The highest BCUT2D eigenvalue weighted by Gasteiger charge is 2.22. The molecule has 0 saturated carbocycles. The molecule has 0 bridgehead atoms. The molecule has 0 aliphatic carbocycles. The highest BCUT2D eigenvalue weighted by molar-refractivity contribution is 5.78. The summed E-state index contributed by atoms with van der Waals surface area (Å²) in [6.45, 7) is 7.47. The number of rotatable bonds is 13. The van der Waals surface area contributed by atoms with Gasteiger partial charge < -0.3 is 25.2 Å². The van der Waals surface area contributed by atoms with Crippen molar-refractivity contribution in [3.63, 3.8) is 0 Å². The predicted molar refractivity (Wildman–Crippen MR) is 153 cm³/mol. The largest absolute Gasteiger partial charge is 0.494 e. The van der Waals surface area contributed by atoms with Gasteiger partial charge in [-0.05, 0) is 31.3 Å². The van der Waals surface area contributed by atoms with Gasteiger partial charge in [0.25, 0.3) is 5.69 Å². The summed E-state index contributed by atoms with van der Waals surface area (Å²) >= 11 is 0. The fraction of sp³-hybridized carbons (Fsp3) is 0.296. The smallest absolute Gasteiger partial charge is 0.294 e. The third-order valence-electron chi connectivity index (χ3n) is 6.40. The normalized spacial score (nSPS) is 10.9. The second-order valence-corrected chi connectivity index (χ2v) is 8.75. The molecule has 0 saturated heterocycles. The van der Waals surface area contributed by atoms with Crippen LogP contribution >= 0.6 is 0 Å². The maximum atomic E-state index is 12.0. The quantitative estimate of drug-likeness (QED) is 0.183. The monoisotopic (exact) mass is 531 g/mol. The van der Waals surface area contributed by atoms with Crippen molar-refractivity contribution in [1.29, 1.82) is 0 Å². The Balaban J connectivity index is 1.58. The van der Waals surface area contributed by atoms with Crippen LogP contribution in [0.25, 0.3) is 5.69 Å². The van der Waals surface area contributed by atoms with E-state index in [1.54, 1.807) is 23.0 Å². The Morgan fingerprint density at radius 2 is 1.72 bits per heavy atom. The fourth-order valence-corrected chi connectivity index (χ4v) is 4.19. The molecule has 0 spiro atoms. The summed E-state index contributed by atoms with van der Waals surface area (Å²) in [7, 11) is 3.38. The average Bonchev–Trinajstić information content (AvgIpc) is 3.48. The molecule has 2 heterocycles. The van der Waals surface area contributed by atoms with Crippen LogP contribution in [0.3, 0.4) is 0 Å². The number of para-hydroxylation sites is 2. The maximum Gasteiger partial charge on any atom is 0.294 e. The zero-order chi connectivity index (χ0) is 27.8. The van der Waals surface area contributed by atoms with E-state index >= 15 is 0 Å². The Hall–Kier alpha value is -4.71. The van der Waals surface area contributed by atoms with E-state index in [0.717, 1.165) is 31.0 Å². The highest BCUT2D eigenvalue weighted by Crippen LogP contribution is 2.39. The first kappa shape index (κ1) is 27.3. The molecule has 2 aromatic heterocycles. The van der Waals surface area contributed by atoms with Gasteiger partial charge in [0.15, 0.2) is 0 Å². The molecule has 0 amide bonds. The van der Waals surface area contributed by atoms with Gasteiger partial charge in [0.05, 0.1) is 29.1 Å². The van der Waals surface area contributed by atoms with E-state index < -0.39 is 0 Å². The second kappa shape index (κ2) is 12.7. The summed E-state index contributed by atoms with van der Waals surface area (Å²) in [5.74, 6) is 1.44. The van der Waals surface area contributed by atoms with E-state index in [4.69, 9.17) is 4.74 Å². The third kappa shape index (κ3) is 6.60. The molecule has 204 valence electrons. The number of likely N-dealkylation sites (N-methyl/N-ethyl adjacent to an activating group) is 2. The molecule has 0 aliphatic heterocycles. The van der Waals surface area contributed by atoms with Crippen molar-refractivity contribution in [2.24, 2.45) is 0 Å². The van der Waals surface area contributed by atoms with Gasteiger partial charge in [-0.25, -0.2) is 14.6 Å². The summed E-state index contributed by atoms with van der Waals surface area (Å²) in [5.41, 5.74) is 2.53.